The number of methoxy groups -OCH3 is 1. The lowest BCUT2D eigenvalue weighted by atomic mass is 10.1. The van der Waals surface area contributed by atoms with Crippen molar-refractivity contribution in [1.29, 1.82) is 0 Å². The first kappa shape index (κ1) is 15.6. The van der Waals surface area contributed by atoms with Gasteiger partial charge in [-0.3, -0.25) is 0 Å². The van der Waals surface area contributed by atoms with Crippen molar-refractivity contribution in [2.45, 2.75) is 11.6 Å². The molecule has 0 saturated heterocycles. The SMILES string of the molecule is COc1ccc(Br)cc1C(Cl)COCC(F)(F)F. The van der Waals surface area contributed by atoms with Gasteiger partial charge in [-0.1, -0.05) is 15.9 Å². The van der Waals surface area contributed by atoms with E-state index in [2.05, 4.69) is 20.7 Å². The number of halogens is 5. The smallest absolute Gasteiger partial charge is 0.411 e. The molecule has 0 bridgehead atoms. The second-order valence-electron chi connectivity index (χ2n) is 3.48. The van der Waals surface area contributed by atoms with Gasteiger partial charge >= 0.3 is 6.18 Å². The highest BCUT2D eigenvalue weighted by atomic mass is 79.9. The number of ether oxygens (including phenoxy) is 2. The number of hydrogen-bond donors (Lipinski definition) is 0. The summed E-state index contributed by atoms with van der Waals surface area (Å²) in [5.74, 6) is 0.508. The highest BCUT2D eigenvalue weighted by Crippen LogP contribution is 2.32. The van der Waals surface area contributed by atoms with E-state index in [4.69, 9.17) is 16.3 Å². The zero-order chi connectivity index (χ0) is 13.8. The molecule has 102 valence electrons. The van der Waals surface area contributed by atoms with Crippen molar-refractivity contribution in [3.05, 3.63) is 28.2 Å². The minimum Gasteiger partial charge on any atom is -0.496 e. The minimum atomic E-state index is -4.35. The molecular formula is C11H11BrClF3O2. The maximum atomic E-state index is 11.9. The van der Waals surface area contributed by atoms with E-state index in [0.29, 0.717) is 11.3 Å². The molecular weight excluding hydrogens is 336 g/mol. The van der Waals surface area contributed by atoms with Crippen LogP contribution in [-0.4, -0.2) is 26.5 Å². The molecule has 2 nitrogen and oxygen atoms in total. The average Bonchev–Trinajstić information content (AvgIpc) is 2.27. The Balaban J connectivity index is 2.66. The van der Waals surface area contributed by atoms with Crippen molar-refractivity contribution in [2.24, 2.45) is 0 Å². The summed E-state index contributed by atoms with van der Waals surface area (Å²) in [6, 6.07) is 5.12. The van der Waals surface area contributed by atoms with Crippen LogP contribution in [-0.2, 0) is 4.74 Å². The number of rotatable bonds is 5. The van der Waals surface area contributed by atoms with Crippen molar-refractivity contribution in [1.82, 2.24) is 0 Å². The molecule has 0 aliphatic heterocycles. The minimum absolute atomic E-state index is 0.242. The Kier molecular flexibility index (Phi) is 5.75. The van der Waals surface area contributed by atoms with Gasteiger partial charge in [0.25, 0.3) is 0 Å². The van der Waals surface area contributed by atoms with E-state index in [0.717, 1.165) is 4.47 Å². The zero-order valence-electron chi connectivity index (χ0n) is 9.43. The lowest BCUT2D eigenvalue weighted by Gasteiger charge is -2.15. The summed E-state index contributed by atoms with van der Waals surface area (Å²) in [5, 5.41) is -0.709. The van der Waals surface area contributed by atoms with Crippen molar-refractivity contribution < 1.29 is 22.6 Å². The van der Waals surface area contributed by atoms with E-state index in [-0.39, 0.29) is 6.61 Å². The van der Waals surface area contributed by atoms with Gasteiger partial charge < -0.3 is 9.47 Å². The summed E-state index contributed by atoms with van der Waals surface area (Å²) in [4.78, 5) is 0. The quantitative estimate of drug-likeness (QED) is 0.739. The first-order valence-corrected chi connectivity index (χ1v) is 6.18. The first-order valence-electron chi connectivity index (χ1n) is 4.95. The van der Waals surface area contributed by atoms with Crippen LogP contribution >= 0.6 is 27.5 Å². The molecule has 0 aliphatic carbocycles. The summed E-state index contributed by atoms with van der Waals surface area (Å²) in [7, 11) is 1.47. The molecule has 0 N–H and O–H groups in total. The predicted molar refractivity (Wildman–Crippen MR) is 66.2 cm³/mol. The van der Waals surface area contributed by atoms with Crippen LogP contribution < -0.4 is 4.74 Å². The van der Waals surface area contributed by atoms with Gasteiger partial charge in [-0.25, -0.2) is 0 Å². The lowest BCUT2D eigenvalue weighted by molar-refractivity contribution is -0.173. The molecule has 1 atom stereocenters. The van der Waals surface area contributed by atoms with Gasteiger partial charge in [0.2, 0.25) is 0 Å². The Morgan fingerprint density at radius 3 is 2.61 bits per heavy atom. The van der Waals surface area contributed by atoms with Crippen LogP contribution in [0.4, 0.5) is 13.2 Å². The number of alkyl halides is 4. The molecule has 1 aromatic carbocycles. The van der Waals surface area contributed by atoms with Crippen LogP contribution in [0, 0.1) is 0 Å². The third-order valence-electron chi connectivity index (χ3n) is 2.06. The largest absolute Gasteiger partial charge is 0.496 e. The lowest BCUT2D eigenvalue weighted by Crippen LogP contribution is -2.18. The highest BCUT2D eigenvalue weighted by Gasteiger charge is 2.28. The van der Waals surface area contributed by atoms with Gasteiger partial charge in [0.05, 0.1) is 19.1 Å². The molecule has 0 aliphatic rings. The Labute approximate surface area is 116 Å². The van der Waals surface area contributed by atoms with Crippen LogP contribution in [0.1, 0.15) is 10.9 Å². The molecule has 7 heteroatoms. The molecule has 0 fully saturated rings. The van der Waals surface area contributed by atoms with Crippen LogP contribution in [0.5, 0.6) is 5.75 Å². The highest BCUT2D eigenvalue weighted by molar-refractivity contribution is 9.10. The van der Waals surface area contributed by atoms with Gasteiger partial charge in [-0.05, 0) is 18.2 Å². The fraction of sp³-hybridized carbons (Fsp3) is 0.455. The Morgan fingerprint density at radius 1 is 1.39 bits per heavy atom. The maximum Gasteiger partial charge on any atom is 0.411 e. The van der Waals surface area contributed by atoms with E-state index in [1.807, 2.05) is 0 Å². The van der Waals surface area contributed by atoms with Crippen LogP contribution in [0.3, 0.4) is 0 Å². The van der Waals surface area contributed by atoms with Gasteiger partial charge in [0.15, 0.2) is 0 Å². The zero-order valence-corrected chi connectivity index (χ0v) is 11.8. The third kappa shape index (κ3) is 5.04. The molecule has 0 amide bonds. The maximum absolute atomic E-state index is 11.9. The summed E-state index contributed by atoms with van der Waals surface area (Å²) < 4.78 is 46.1. The second-order valence-corrected chi connectivity index (χ2v) is 4.93. The van der Waals surface area contributed by atoms with E-state index >= 15 is 0 Å². The van der Waals surface area contributed by atoms with Crippen molar-refractivity contribution in [3.63, 3.8) is 0 Å². The molecule has 1 unspecified atom stereocenters. The first-order chi connectivity index (χ1) is 8.33. The molecule has 1 rings (SSSR count). The number of hydrogen-bond acceptors (Lipinski definition) is 2. The topological polar surface area (TPSA) is 18.5 Å². The standard InChI is InChI=1S/C11H11BrClF3O2/c1-17-10-3-2-7(12)4-8(10)9(13)5-18-6-11(14,15)16/h2-4,9H,5-6H2,1H3. The van der Waals surface area contributed by atoms with E-state index in [1.54, 1.807) is 18.2 Å². The Hall–Kier alpha value is -0.460. The molecule has 0 radical (unpaired) electrons. The van der Waals surface area contributed by atoms with E-state index in [9.17, 15) is 13.2 Å². The van der Waals surface area contributed by atoms with E-state index in [1.165, 1.54) is 7.11 Å². The molecule has 0 heterocycles. The molecule has 0 aromatic heterocycles. The molecule has 18 heavy (non-hydrogen) atoms. The van der Waals surface area contributed by atoms with Crippen molar-refractivity contribution >= 4 is 27.5 Å². The predicted octanol–water partition coefficient (Wildman–Crippen LogP) is 4.32. The Morgan fingerprint density at radius 2 is 2.06 bits per heavy atom. The fourth-order valence-electron chi connectivity index (χ4n) is 1.32. The second kappa shape index (κ2) is 6.63. The average molecular weight is 348 g/mol. The summed E-state index contributed by atoms with van der Waals surface area (Å²) in [6.45, 7) is -1.56. The van der Waals surface area contributed by atoms with Crippen LogP contribution in [0.2, 0.25) is 0 Å². The van der Waals surface area contributed by atoms with Crippen LogP contribution in [0.25, 0.3) is 0 Å². The summed E-state index contributed by atoms with van der Waals surface area (Å²) in [5.41, 5.74) is 0.579. The van der Waals surface area contributed by atoms with Gasteiger partial charge in [-0.2, -0.15) is 13.2 Å². The van der Waals surface area contributed by atoms with Crippen molar-refractivity contribution in [3.8, 4) is 5.75 Å². The van der Waals surface area contributed by atoms with Gasteiger partial charge in [0, 0.05) is 10.0 Å². The van der Waals surface area contributed by atoms with Crippen LogP contribution in [0.15, 0.2) is 22.7 Å². The monoisotopic (exact) mass is 346 g/mol. The molecule has 0 spiro atoms. The van der Waals surface area contributed by atoms with Gasteiger partial charge in [0.1, 0.15) is 12.4 Å². The summed E-state index contributed by atoms with van der Waals surface area (Å²) >= 11 is 9.26. The summed E-state index contributed by atoms with van der Waals surface area (Å²) in [6.07, 6.45) is -4.35. The number of benzene rings is 1. The van der Waals surface area contributed by atoms with Gasteiger partial charge in [-0.15, -0.1) is 11.6 Å². The molecule has 0 saturated carbocycles. The van der Waals surface area contributed by atoms with E-state index < -0.39 is 18.2 Å². The van der Waals surface area contributed by atoms with Crippen molar-refractivity contribution in [2.75, 3.05) is 20.3 Å². The Bertz CT molecular complexity index is 398. The molecule has 1 aromatic rings. The third-order valence-corrected chi connectivity index (χ3v) is 2.91. The fourth-order valence-corrected chi connectivity index (χ4v) is 1.96. The normalized spacial score (nSPS) is 13.4.